The van der Waals surface area contributed by atoms with Crippen LogP contribution in [0.5, 0.6) is 5.75 Å². The van der Waals surface area contributed by atoms with E-state index in [2.05, 4.69) is 31.4 Å². The van der Waals surface area contributed by atoms with Crippen molar-refractivity contribution in [2.75, 3.05) is 13.2 Å². The summed E-state index contributed by atoms with van der Waals surface area (Å²) in [5.41, 5.74) is 7.07. The van der Waals surface area contributed by atoms with Gasteiger partial charge in [-0.05, 0) is 36.0 Å². The molecule has 0 aliphatic rings. The highest BCUT2D eigenvalue weighted by molar-refractivity contribution is 5.87. The summed E-state index contributed by atoms with van der Waals surface area (Å²) in [6.07, 6.45) is 0. The lowest BCUT2D eigenvalue weighted by atomic mass is 9.87. The number of amides is 2. The highest BCUT2D eigenvalue weighted by Crippen LogP contribution is 2.24. The number of carbonyl (C=O) groups is 2. The molecule has 1 aromatic carbocycles. The summed E-state index contributed by atoms with van der Waals surface area (Å²) in [5, 5.41) is 5.34. The molecule has 2 atom stereocenters. The number of rotatable bonds is 8. The van der Waals surface area contributed by atoms with Gasteiger partial charge in [0.15, 0.2) is 0 Å². The van der Waals surface area contributed by atoms with E-state index in [0.29, 0.717) is 6.61 Å². The van der Waals surface area contributed by atoms with Crippen molar-refractivity contribution >= 4 is 24.2 Å². The molecule has 0 radical (unpaired) electrons. The van der Waals surface area contributed by atoms with E-state index in [4.69, 9.17) is 10.5 Å². The Labute approximate surface area is 169 Å². The maximum atomic E-state index is 11.9. The molecule has 0 aliphatic heterocycles. The summed E-state index contributed by atoms with van der Waals surface area (Å²) >= 11 is 0. The van der Waals surface area contributed by atoms with Gasteiger partial charge < -0.3 is 21.1 Å². The first-order valence-corrected chi connectivity index (χ1v) is 9.06. The second-order valence-electron chi connectivity index (χ2n) is 8.04. The van der Waals surface area contributed by atoms with Crippen LogP contribution in [0.15, 0.2) is 24.3 Å². The van der Waals surface area contributed by atoms with Crippen LogP contribution in [0.25, 0.3) is 0 Å². The maximum Gasteiger partial charge on any atom is 0.239 e. The summed E-state index contributed by atoms with van der Waals surface area (Å²) in [6, 6.07) is 7.17. The molecule has 4 N–H and O–H groups in total. The van der Waals surface area contributed by atoms with Gasteiger partial charge in [0.1, 0.15) is 12.4 Å². The molecule has 7 heteroatoms. The fourth-order valence-electron chi connectivity index (χ4n) is 2.23. The Morgan fingerprint density at radius 1 is 1.11 bits per heavy atom. The first-order chi connectivity index (χ1) is 12.0. The second-order valence-corrected chi connectivity index (χ2v) is 8.04. The van der Waals surface area contributed by atoms with E-state index in [0.717, 1.165) is 5.75 Å². The number of ether oxygens (including phenoxy) is 1. The molecule has 2 amide bonds. The average Bonchev–Trinajstić information content (AvgIpc) is 2.56. The number of hydrogen-bond donors (Lipinski definition) is 3. The number of hydrogen-bond acceptors (Lipinski definition) is 4. The highest BCUT2D eigenvalue weighted by Gasteiger charge is 2.18. The number of nitrogens with one attached hydrogen (secondary N) is 2. The lowest BCUT2D eigenvalue weighted by Gasteiger charge is -2.20. The van der Waals surface area contributed by atoms with Crippen LogP contribution in [0.3, 0.4) is 0 Å². The number of halogens is 1. The minimum absolute atomic E-state index is 0. The zero-order valence-electron chi connectivity index (χ0n) is 17.2. The number of nitrogens with two attached hydrogens (primary N) is 1. The van der Waals surface area contributed by atoms with Gasteiger partial charge in [-0.2, -0.15) is 0 Å². The second kappa shape index (κ2) is 11.1. The summed E-state index contributed by atoms with van der Waals surface area (Å²) in [5.74, 6) is 0.192. The highest BCUT2D eigenvalue weighted by atomic mass is 35.5. The Morgan fingerprint density at radius 2 is 1.67 bits per heavy atom. The van der Waals surface area contributed by atoms with E-state index in [1.165, 1.54) is 5.56 Å². The molecule has 0 saturated heterocycles. The monoisotopic (exact) mass is 399 g/mol. The Hall–Kier alpha value is -1.79. The van der Waals surface area contributed by atoms with Gasteiger partial charge >= 0.3 is 0 Å². The van der Waals surface area contributed by atoms with Crippen LogP contribution in [0.4, 0.5) is 0 Å². The third-order valence-corrected chi connectivity index (χ3v) is 4.07. The fourth-order valence-corrected chi connectivity index (χ4v) is 2.23. The minimum atomic E-state index is -0.611. The van der Waals surface area contributed by atoms with Crippen LogP contribution in [0.1, 0.15) is 47.1 Å². The van der Waals surface area contributed by atoms with Crippen LogP contribution < -0.4 is 21.1 Å². The molecule has 0 aliphatic carbocycles. The Morgan fingerprint density at radius 3 is 2.15 bits per heavy atom. The van der Waals surface area contributed by atoms with Crippen molar-refractivity contribution in [3.63, 3.8) is 0 Å². The van der Waals surface area contributed by atoms with E-state index in [9.17, 15) is 9.59 Å². The smallest absolute Gasteiger partial charge is 0.239 e. The van der Waals surface area contributed by atoms with Gasteiger partial charge in [-0.1, -0.05) is 46.8 Å². The van der Waals surface area contributed by atoms with E-state index >= 15 is 0 Å². The largest absolute Gasteiger partial charge is 0.491 e. The average molecular weight is 400 g/mol. The van der Waals surface area contributed by atoms with Gasteiger partial charge in [0.25, 0.3) is 0 Å². The molecule has 0 aromatic heterocycles. The summed E-state index contributed by atoms with van der Waals surface area (Å²) in [7, 11) is 0. The molecule has 1 aromatic rings. The third-order valence-electron chi connectivity index (χ3n) is 4.07. The Bertz CT molecular complexity index is 597. The van der Waals surface area contributed by atoms with Crippen molar-refractivity contribution < 1.29 is 14.3 Å². The number of benzene rings is 1. The van der Waals surface area contributed by atoms with E-state index in [-0.39, 0.29) is 48.1 Å². The molecule has 0 spiro atoms. The molecule has 154 valence electrons. The van der Waals surface area contributed by atoms with Crippen molar-refractivity contribution in [2.24, 2.45) is 11.7 Å². The van der Waals surface area contributed by atoms with Crippen LogP contribution in [-0.2, 0) is 15.0 Å². The normalized spacial score (nSPS) is 13.3. The van der Waals surface area contributed by atoms with Crippen molar-refractivity contribution in [1.82, 2.24) is 10.6 Å². The van der Waals surface area contributed by atoms with Crippen LogP contribution in [0, 0.1) is 5.92 Å². The molecule has 1 rings (SSSR count). The zero-order valence-corrected chi connectivity index (χ0v) is 18.0. The van der Waals surface area contributed by atoms with E-state index < -0.39 is 6.04 Å². The molecule has 0 bridgehead atoms. The lowest BCUT2D eigenvalue weighted by molar-refractivity contribution is -0.127. The third kappa shape index (κ3) is 9.11. The quantitative estimate of drug-likeness (QED) is 0.625. The molecular formula is C20H34ClN3O3. The first-order valence-electron chi connectivity index (χ1n) is 9.06. The predicted molar refractivity (Wildman–Crippen MR) is 111 cm³/mol. The van der Waals surface area contributed by atoms with Crippen LogP contribution in [-0.4, -0.2) is 37.0 Å². The summed E-state index contributed by atoms with van der Waals surface area (Å²) in [6.45, 7) is 12.3. The number of carbonyl (C=O) groups excluding carboxylic acids is 2. The van der Waals surface area contributed by atoms with Gasteiger partial charge in [-0.3, -0.25) is 9.59 Å². The van der Waals surface area contributed by atoms with Gasteiger partial charge in [0, 0.05) is 0 Å². The standard InChI is InChI=1S/C20H33N3O3.ClH/c1-13(2)18(21)19(25)22-11-17(24)23-14(3)12-26-16-9-7-15(8-10-16)20(4,5)6;/h7-10,13-14,18H,11-12,21H2,1-6H3,(H,22,25)(H,23,24);1H/t14?,18-;/m0./s1. The van der Waals surface area contributed by atoms with Gasteiger partial charge in [0.2, 0.25) is 11.8 Å². The maximum absolute atomic E-state index is 11.9. The Kier molecular flexibility index (Phi) is 10.4. The Balaban J connectivity index is 0.00000676. The van der Waals surface area contributed by atoms with Crippen molar-refractivity contribution in [3.8, 4) is 5.75 Å². The van der Waals surface area contributed by atoms with Gasteiger partial charge in [-0.15, -0.1) is 12.4 Å². The predicted octanol–water partition coefficient (Wildman–Crippen LogP) is 2.39. The van der Waals surface area contributed by atoms with Crippen molar-refractivity contribution in [3.05, 3.63) is 29.8 Å². The first kappa shape index (κ1) is 25.2. The SMILES string of the molecule is CC(COc1ccc(C(C)(C)C)cc1)NC(=O)CNC(=O)[C@@H](N)C(C)C.Cl. The molecule has 1 unspecified atom stereocenters. The van der Waals surface area contributed by atoms with Gasteiger partial charge in [-0.25, -0.2) is 0 Å². The molecule has 27 heavy (non-hydrogen) atoms. The molecule has 6 nitrogen and oxygen atoms in total. The summed E-state index contributed by atoms with van der Waals surface area (Å²) < 4.78 is 5.71. The van der Waals surface area contributed by atoms with Gasteiger partial charge in [0.05, 0.1) is 18.6 Å². The molecular weight excluding hydrogens is 366 g/mol. The van der Waals surface area contributed by atoms with E-state index in [1.807, 2.05) is 45.0 Å². The van der Waals surface area contributed by atoms with Crippen LogP contribution >= 0.6 is 12.4 Å². The zero-order chi connectivity index (χ0) is 19.9. The van der Waals surface area contributed by atoms with Crippen molar-refractivity contribution in [2.45, 2.75) is 59.0 Å². The van der Waals surface area contributed by atoms with E-state index in [1.54, 1.807) is 0 Å². The van der Waals surface area contributed by atoms with Crippen molar-refractivity contribution in [1.29, 1.82) is 0 Å². The molecule has 0 saturated carbocycles. The summed E-state index contributed by atoms with van der Waals surface area (Å²) in [4.78, 5) is 23.6. The van der Waals surface area contributed by atoms with Crippen LogP contribution in [0.2, 0.25) is 0 Å². The minimum Gasteiger partial charge on any atom is -0.491 e. The fraction of sp³-hybridized carbons (Fsp3) is 0.600. The molecule has 0 heterocycles. The lowest BCUT2D eigenvalue weighted by Crippen LogP contribution is -2.48. The topological polar surface area (TPSA) is 93.5 Å². The molecule has 0 fully saturated rings.